The minimum absolute atomic E-state index is 0.889. The Morgan fingerprint density at radius 1 is 0.700 bits per heavy atom. The Bertz CT molecular complexity index is 1120. The van der Waals surface area contributed by atoms with E-state index in [1.54, 1.807) is 0 Å². The first kappa shape index (κ1) is 18.7. The fraction of sp³-hybridized carbons (Fsp3) is 0.172. The first-order valence-electron chi connectivity index (χ1n) is 10.9. The van der Waals surface area contributed by atoms with E-state index < -0.39 is 0 Å². The zero-order chi connectivity index (χ0) is 20.3. The molecule has 0 N–H and O–H groups in total. The van der Waals surface area contributed by atoms with Gasteiger partial charge in [0.15, 0.2) is 0 Å². The van der Waals surface area contributed by atoms with Crippen molar-refractivity contribution < 1.29 is 0 Å². The molecule has 3 aromatic rings. The number of nitrogens with zero attached hydrogens (tertiary/aromatic N) is 1. The van der Waals surface area contributed by atoms with Gasteiger partial charge in [-0.05, 0) is 65.7 Å². The number of allylic oxidation sites excluding steroid dienone is 4. The molecule has 0 bridgehead atoms. The number of hydrogen-bond acceptors (Lipinski definition) is 1. The van der Waals surface area contributed by atoms with Crippen molar-refractivity contribution in [2.45, 2.75) is 32.7 Å². The Morgan fingerprint density at radius 2 is 1.30 bits per heavy atom. The first-order valence-corrected chi connectivity index (χ1v) is 10.9. The van der Waals surface area contributed by atoms with E-state index in [-0.39, 0.29) is 0 Å². The average molecular weight is 390 g/mol. The van der Waals surface area contributed by atoms with Crippen LogP contribution in [0.2, 0.25) is 0 Å². The normalized spacial score (nSPS) is 16.4. The van der Waals surface area contributed by atoms with Gasteiger partial charge in [-0.2, -0.15) is 0 Å². The SMILES string of the molecule is CC1=C2C(=C(c3ccccc3)C=C(c3ccccc3)N2Cc2ccccc2)CCC1. The Balaban J connectivity index is 1.72. The van der Waals surface area contributed by atoms with Gasteiger partial charge in [0.1, 0.15) is 0 Å². The molecule has 0 atom stereocenters. The molecular weight excluding hydrogens is 362 g/mol. The van der Waals surface area contributed by atoms with Gasteiger partial charge in [-0.25, -0.2) is 0 Å². The van der Waals surface area contributed by atoms with E-state index in [0.717, 1.165) is 13.0 Å². The molecule has 148 valence electrons. The summed E-state index contributed by atoms with van der Waals surface area (Å²) in [5.41, 5.74) is 11.0. The fourth-order valence-electron chi connectivity index (χ4n) is 4.76. The lowest BCUT2D eigenvalue weighted by Crippen LogP contribution is -2.28. The Morgan fingerprint density at radius 3 is 1.97 bits per heavy atom. The first-order chi connectivity index (χ1) is 14.8. The highest BCUT2D eigenvalue weighted by molar-refractivity contribution is 5.90. The third-order valence-corrected chi connectivity index (χ3v) is 6.17. The molecule has 0 radical (unpaired) electrons. The molecule has 30 heavy (non-hydrogen) atoms. The van der Waals surface area contributed by atoms with Crippen LogP contribution >= 0.6 is 0 Å². The van der Waals surface area contributed by atoms with Crippen LogP contribution < -0.4 is 0 Å². The largest absolute Gasteiger partial charge is 0.336 e. The van der Waals surface area contributed by atoms with E-state index in [2.05, 4.69) is 109 Å². The summed E-state index contributed by atoms with van der Waals surface area (Å²) in [5.74, 6) is 0. The predicted octanol–water partition coefficient (Wildman–Crippen LogP) is 7.46. The summed E-state index contributed by atoms with van der Waals surface area (Å²) >= 11 is 0. The molecule has 1 heterocycles. The molecule has 0 spiro atoms. The summed E-state index contributed by atoms with van der Waals surface area (Å²) in [7, 11) is 0. The predicted molar refractivity (Wildman–Crippen MR) is 126 cm³/mol. The number of fused-ring (bicyclic) bond motifs is 1. The molecule has 0 saturated carbocycles. The maximum absolute atomic E-state index is 2.56. The zero-order valence-electron chi connectivity index (χ0n) is 17.5. The summed E-state index contributed by atoms with van der Waals surface area (Å²) in [6, 6.07) is 32.6. The fourth-order valence-corrected chi connectivity index (χ4v) is 4.76. The van der Waals surface area contributed by atoms with E-state index >= 15 is 0 Å². The van der Waals surface area contributed by atoms with Crippen molar-refractivity contribution in [3.63, 3.8) is 0 Å². The summed E-state index contributed by atoms with van der Waals surface area (Å²) < 4.78 is 0. The number of benzene rings is 3. The minimum Gasteiger partial charge on any atom is -0.336 e. The van der Waals surface area contributed by atoms with Crippen LogP contribution in [0.15, 0.2) is 114 Å². The maximum atomic E-state index is 2.56. The molecule has 1 aliphatic heterocycles. The Kier molecular flexibility index (Phi) is 5.11. The van der Waals surface area contributed by atoms with Gasteiger partial charge in [-0.3, -0.25) is 0 Å². The lowest BCUT2D eigenvalue weighted by molar-refractivity contribution is 0.464. The second kappa shape index (κ2) is 8.20. The zero-order valence-corrected chi connectivity index (χ0v) is 17.5. The highest BCUT2D eigenvalue weighted by atomic mass is 15.2. The van der Waals surface area contributed by atoms with E-state index in [9.17, 15) is 0 Å². The van der Waals surface area contributed by atoms with E-state index in [1.807, 2.05) is 0 Å². The van der Waals surface area contributed by atoms with Crippen LogP contribution in [-0.2, 0) is 6.54 Å². The molecule has 1 nitrogen and oxygen atoms in total. The Labute approximate surface area is 179 Å². The van der Waals surface area contributed by atoms with Gasteiger partial charge in [0, 0.05) is 17.9 Å². The van der Waals surface area contributed by atoms with Crippen LogP contribution in [0, 0.1) is 0 Å². The standard InChI is InChI=1S/C29H27N/c1-22-12-11-19-26-27(24-15-7-3-8-16-24)20-28(25-17-9-4-10-18-25)30(29(22)26)21-23-13-5-2-6-14-23/h2-10,13-18,20H,11-12,19,21H2,1H3. The maximum Gasteiger partial charge on any atom is 0.0493 e. The van der Waals surface area contributed by atoms with Crippen LogP contribution in [0.1, 0.15) is 42.9 Å². The second-order valence-corrected chi connectivity index (χ2v) is 8.21. The molecule has 0 unspecified atom stereocenters. The molecule has 2 aliphatic rings. The van der Waals surface area contributed by atoms with Gasteiger partial charge >= 0.3 is 0 Å². The average Bonchev–Trinajstić information content (AvgIpc) is 2.81. The van der Waals surface area contributed by atoms with Gasteiger partial charge in [0.05, 0.1) is 0 Å². The molecule has 1 aliphatic carbocycles. The lowest BCUT2D eigenvalue weighted by atomic mass is 9.82. The van der Waals surface area contributed by atoms with Gasteiger partial charge < -0.3 is 4.90 Å². The van der Waals surface area contributed by atoms with E-state index in [4.69, 9.17) is 0 Å². The molecule has 0 amide bonds. The van der Waals surface area contributed by atoms with Crippen molar-refractivity contribution in [3.8, 4) is 0 Å². The highest BCUT2D eigenvalue weighted by Crippen LogP contribution is 2.45. The smallest absolute Gasteiger partial charge is 0.0493 e. The van der Waals surface area contributed by atoms with Gasteiger partial charge in [0.25, 0.3) is 0 Å². The van der Waals surface area contributed by atoms with Crippen molar-refractivity contribution in [1.29, 1.82) is 0 Å². The highest BCUT2D eigenvalue weighted by Gasteiger charge is 2.30. The van der Waals surface area contributed by atoms with Crippen LogP contribution in [0.3, 0.4) is 0 Å². The molecule has 5 rings (SSSR count). The lowest BCUT2D eigenvalue weighted by Gasteiger charge is -2.39. The number of rotatable bonds is 4. The summed E-state index contributed by atoms with van der Waals surface area (Å²) in [4.78, 5) is 2.56. The van der Waals surface area contributed by atoms with Crippen LogP contribution in [0.5, 0.6) is 0 Å². The summed E-state index contributed by atoms with van der Waals surface area (Å²) in [6.45, 7) is 3.21. The van der Waals surface area contributed by atoms with Gasteiger partial charge in [0.2, 0.25) is 0 Å². The van der Waals surface area contributed by atoms with Crippen molar-refractivity contribution in [2.24, 2.45) is 0 Å². The quantitative estimate of drug-likeness (QED) is 0.448. The van der Waals surface area contributed by atoms with Crippen molar-refractivity contribution in [2.75, 3.05) is 0 Å². The monoisotopic (exact) mass is 389 g/mol. The molecule has 0 fully saturated rings. The summed E-state index contributed by atoms with van der Waals surface area (Å²) in [5, 5.41) is 0. The van der Waals surface area contributed by atoms with Gasteiger partial charge in [-0.1, -0.05) is 91.0 Å². The van der Waals surface area contributed by atoms with E-state index in [0.29, 0.717) is 0 Å². The molecule has 1 heteroatoms. The van der Waals surface area contributed by atoms with Crippen LogP contribution in [-0.4, -0.2) is 4.90 Å². The van der Waals surface area contributed by atoms with Crippen LogP contribution in [0.4, 0.5) is 0 Å². The number of hydrogen-bond donors (Lipinski definition) is 0. The second-order valence-electron chi connectivity index (χ2n) is 8.21. The van der Waals surface area contributed by atoms with E-state index in [1.165, 1.54) is 57.6 Å². The van der Waals surface area contributed by atoms with Crippen molar-refractivity contribution >= 4 is 11.3 Å². The molecule has 0 saturated heterocycles. The van der Waals surface area contributed by atoms with Crippen molar-refractivity contribution in [1.82, 2.24) is 4.90 Å². The third kappa shape index (κ3) is 3.52. The van der Waals surface area contributed by atoms with Crippen molar-refractivity contribution in [3.05, 3.63) is 131 Å². The Hall–Kier alpha value is -3.32. The summed E-state index contributed by atoms with van der Waals surface area (Å²) in [6.07, 6.45) is 5.97. The molecule has 0 aromatic heterocycles. The minimum atomic E-state index is 0.889. The third-order valence-electron chi connectivity index (χ3n) is 6.17. The molecule has 3 aromatic carbocycles. The van der Waals surface area contributed by atoms with Crippen LogP contribution in [0.25, 0.3) is 11.3 Å². The molecular formula is C29H27N. The topological polar surface area (TPSA) is 3.24 Å². The van der Waals surface area contributed by atoms with Gasteiger partial charge in [-0.15, -0.1) is 0 Å².